The smallest absolute Gasteiger partial charge is 0.368 e. The Hall–Kier alpha value is -1.86. The molecule has 1 amide bonds. The monoisotopic (exact) mass is 274 g/mol. The third-order valence-electron chi connectivity index (χ3n) is 3.05. The first-order chi connectivity index (χ1) is 8.79. The molecule has 5 nitrogen and oxygen atoms in total. The average Bonchev–Trinajstić information content (AvgIpc) is 2.75. The first kappa shape index (κ1) is 13.6. The Balaban J connectivity index is 2.40. The van der Waals surface area contributed by atoms with Gasteiger partial charge < -0.3 is 10.6 Å². The van der Waals surface area contributed by atoms with Crippen LogP contribution in [0.3, 0.4) is 0 Å². The lowest BCUT2D eigenvalue weighted by atomic mass is 10.1. The summed E-state index contributed by atoms with van der Waals surface area (Å²) in [5, 5.41) is 0. The van der Waals surface area contributed by atoms with Crippen LogP contribution in [0.25, 0.3) is 0 Å². The third kappa shape index (κ3) is 2.77. The molecule has 1 aromatic heterocycles. The minimum Gasteiger partial charge on any atom is -0.368 e. The Morgan fingerprint density at radius 3 is 2.74 bits per heavy atom. The first-order valence-electron chi connectivity index (χ1n) is 5.78. The number of amides is 1. The summed E-state index contributed by atoms with van der Waals surface area (Å²) in [6.45, 7) is 1.90. The number of likely N-dealkylation sites (tertiary alicyclic amines) is 1. The van der Waals surface area contributed by atoms with E-state index in [4.69, 9.17) is 5.73 Å². The Bertz CT molecular complexity index is 503. The molecule has 0 bridgehead atoms. The number of hydrogen-bond acceptors (Lipinski definition) is 4. The molecule has 0 spiro atoms. The Labute approximate surface area is 107 Å². The molecule has 2 rings (SSSR count). The van der Waals surface area contributed by atoms with Crippen LogP contribution in [-0.4, -0.2) is 27.3 Å². The number of nitrogens with zero attached hydrogens (tertiary/aromatic N) is 3. The van der Waals surface area contributed by atoms with Crippen LogP contribution in [0.5, 0.6) is 0 Å². The fourth-order valence-corrected chi connectivity index (χ4v) is 2.25. The topological polar surface area (TPSA) is 72.1 Å². The maximum atomic E-state index is 12.7. The van der Waals surface area contributed by atoms with Gasteiger partial charge in [-0.3, -0.25) is 4.79 Å². The number of aromatic nitrogens is 2. The minimum absolute atomic E-state index is 0.146. The van der Waals surface area contributed by atoms with Crippen LogP contribution in [0.1, 0.15) is 37.2 Å². The van der Waals surface area contributed by atoms with E-state index in [1.165, 1.54) is 11.8 Å². The van der Waals surface area contributed by atoms with E-state index in [-0.39, 0.29) is 11.6 Å². The van der Waals surface area contributed by atoms with Crippen LogP contribution in [0.15, 0.2) is 6.07 Å². The lowest BCUT2D eigenvalue weighted by molar-refractivity contribution is -0.141. The molecule has 0 saturated carbocycles. The molecule has 0 radical (unpaired) electrons. The molecular weight excluding hydrogens is 261 g/mol. The van der Waals surface area contributed by atoms with Gasteiger partial charge in [0.15, 0.2) is 0 Å². The maximum Gasteiger partial charge on any atom is 0.433 e. The lowest BCUT2D eigenvalue weighted by Crippen LogP contribution is -2.29. The standard InChI is InChI=1S/C11H13F3N4O/c1-6(19)18-4-2-3-8(18)7-5-9(11(12,13)14)17-10(15)16-7/h5,8H,2-4H2,1H3,(H2,15,16,17)/t8-/m0/s1. The highest BCUT2D eigenvalue weighted by Crippen LogP contribution is 2.34. The first-order valence-corrected chi connectivity index (χ1v) is 5.78. The summed E-state index contributed by atoms with van der Waals surface area (Å²) in [4.78, 5) is 19.9. The zero-order valence-electron chi connectivity index (χ0n) is 10.2. The van der Waals surface area contributed by atoms with Gasteiger partial charge >= 0.3 is 6.18 Å². The van der Waals surface area contributed by atoms with Crippen molar-refractivity contribution in [2.45, 2.75) is 32.0 Å². The van der Waals surface area contributed by atoms with Gasteiger partial charge in [-0.25, -0.2) is 9.97 Å². The number of carbonyl (C=O) groups is 1. The molecular formula is C11H13F3N4O. The number of rotatable bonds is 1. The molecule has 2 N–H and O–H groups in total. The molecule has 1 aliphatic heterocycles. The highest BCUT2D eigenvalue weighted by molar-refractivity contribution is 5.74. The van der Waals surface area contributed by atoms with Gasteiger partial charge in [-0.15, -0.1) is 0 Å². The number of nitrogen functional groups attached to an aromatic ring is 1. The molecule has 1 aliphatic rings. The van der Waals surface area contributed by atoms with E-state index in [0.717, 1.165) is 12.5 Å². The van der Waals surface area contributed by atoms with E-state index in [2.05, 4.69) is 9.97 Å². The van der Waals surface area contributed by atoms with Crippen molar-refractivity contribution in [2.75, 3.05) is 12.3 Å². The highest BCUT2D eigenvalue weighted by Gasteiger charge is 2.36. The lowest BCUT2D eigenvalue weighted by Gasteiger charge is -2.23. The van der Waals surface area contributed by atoms with E-state index in [1.807, 2.05) is 0 Å². The molecule has 2 heterocycles. The van der Waals surface area contributed by atoms with Gasteiger partial charge in [0.05, 0.1) is 11.7 Å². The molecule has 0 aliphatic carbocycles. The van der Waals surface area contributed by atoms with Gasteiger partial charge in [0, 0.05) is 13.5 Å². The summed E-state index contributed by atoms with van der Waals surface area (Å²) in [7, 11) is 0. The Morgan fingerprint density at radius 2 is 2.16 bits per heavy atom. The van der Waals surface area contributed by atoms with E-state index < -0.39 is 23.9 Å². The molecule has 0 aromatic carbocycles. The molecule has 104 valence electrons. The average molecular weight is 274 g/mol. The van der Waals surface area contributed by atoms with E-state index in [0.29, 0.717) is 13.0 Å². The molecule has 19 heavy (non-hydrogen) atoms. The predicted octanol–water partition coefficient (Wildman–Crippen LogP) is 1.76. The van der Waals surface area contributed by atoms with Crippen LogP contribution in [0.2, 0.25) is 0 Å². The summed E-state index contributed by atoms with van der Waals surface area (Å²) >= 11 is 0. The minimum atomic E-state index is -4.58. The molecule has 1 saturated heterocycles. The van der Waals surface area contributed by atoms with Crippen LogP contribution in [0, 0.1) is 0 Å². The molecule has 1 atom stereocenters. The van der Waals surface area contributed by atoms with Crippen molar-refractivity contribution in [3.63, 3.8) is 0 Å². The number of alkyl halides is 3. The quantitative estimate of drug-likeness (QED) is 0.847. The molecule has 1 aromatic rings. The van der Waals surface area contributed by atoms with Crippen molar-refractivity contribution in [1.82, 2.24) is 14.9 Å². The predicted molar refractivity (Wildman–Crippen MR) is 60.8 cm³/mol. The second-order valence-corrected chi connectivity index (χ2v) is 4.40. The summed E-state index contributed by atoms with van der Waals surface area (Å²) in [6.07, 6.45) is -3.27. The summed E-state index contributed by atoms with van der Waals surface area (Å²) in [5.41, 5.74) is 4.39. The maximum absolute atomic E-state index is 12.7. The van der Waals surface area contributed by atoms with Crippen LogP contribution < -0.4 is 5.73 Å². The van der Waals surface area contributed by atoms with Crippen molar-refractivity contribution >= 4 is 11.9 Å². The number of halogens is 3. The van der Waals surface area contributed by atoms with Crippen molar-refractivity contribution < 1.29 is 18.0 Å². The van der Waals surface area contributed by atoms with Crippen molar-refractivity contribution in [3.05, 3.63) is 17.5 Å². The van der Waals surface area contributed by atoms with Gasteiger partial charge in [0.1, 0.15) is 5.69 Å². The van der Waals surface area contributed by atoms with Crippen LogP contribution in [-0.2, 0) is 11.0 Å². The normalized spacial score (nSPS) is 19.8. The van der Waals surface area contributed by atoms with Gasteiger partial charge in [0.25, 0.3) is 0 Å². The molecule has 0 unspecified atom stereocenters. The third-order valence-corrected chi connectivity index (χ3v) is 3.05. The van der Waals surface area contributed by atoms with Crippen LogP contribution in [0.4, 0.5) is 19.1 Å². The van der Waals surface area contributed by atoms with Crippen LogP contribution >= 0.6 is 0 Å². The molecule has 1 fully saturated rings. The van der Waals surface area contributed by atoms with E-state index >= 15 is 0 Å². The second-order valence-electron chi connectivity index (χ2n) is 4.40. The van der Waals surface area contributed by atoms with Crippen molar-refractivity contribution in [2.24, 2.45) is 0 Å². The number of nitrogens with two attached hydrogens (primary N) is 1. The van der Waals surface area contributed by atoms with Crippen molar-refractivity contribution in [3.8, 4) is 0 Å². The SMILES string of the molecule is CC(=O)N1CCC[C@H]1c1cc(C(F)(F)F)nc(N)n1. The summed E-state index contributed by atoms with van der Waals surface area (Å²) < 4.78 is 38.0. The van der Waals surface area contributed by atoms with Crippen molar-refractivity contribution in [1.29, 1.82) is 0 Å². The second kappa shape index (κ2) is 4.67. The zero-order chi connectivity index (χ0) is 14.2. The number of carbonyl (C=O) groups excluding carboxylic acids is 1. The number of anilines is 1. The number of hydrogen-bond donors (Lipinski definition) is 1. The van der Waals surface area contributed by atoms with Gasteiger partial charge in [-0.1, -0.05) is 0 Å². The molecule has 8 heteroatoms. The Morgan fingerprint density at radius 1 is 1.47 bits per heavy atom. The summed E-state index contributed by atoms with van der Waals surface area (Å²) in [5.74, 6) is -0.617. The fraction of sp³-hybridized carbons (Fsp3) is 0.545. The van der Waals surface area contributed by atoms with Gasteiger partial charge in [0.2, 0.25) is 11.9 Å². The largest absolute Gasteiger partial charge is 0.433 e. The highest BCUT2D eigenvalue weighted by atomic mass is 19.4. The zero-order valence-corrected chi connectivity index (χ0v) is 10.2. The van der Waals surface area contributed by atoms with Gasteiger partial charge in [-0.2, -0.15) is 13.2 Å². The Kier molecular flexibility index (Phi) is 3.34. The summed E-state index contributed by atoms with van der Waals surface area (Å²) in [6, 6.07) is 0.409. The fourth-order valence-electron chi connectivity index (χ4n) is 2.25. The van der Waals surface area contributed by atoms with E-state index in [1.54, 1.807) is 0 Å². The van der Waals surface area contributed by atoms with E-state index in [9.17, 15) is 18.0 Å². The van der Waals surface area contributed by atoms with Gasteiger partial charge in [-0.05, 0) is 18.9 Å².